The summed E-state index contributed by atoms with van der Waals surface area (Å²) in [6.45, 7) is 9.25. The second-order valence-corrected chi connectivity index (χ2v) is 13.5. The molecule has 1 aromatic rings. The third-order valence-corrected chi connectivity index (χ3v) is 10.5. The van der Waals surface area contributed by atoms with Crippen molar-refractivity contribution in [1.29, 1.82) is 0 Å². The minimum absolute atomic E-state index is 1.15. The van der Waals surface area contributed by atoms with Crippen molar-refractivity contribution in [2.24, 2.45) is 0 Å². The highest BCUT2D eigenvalue weighted by atomic mass is 32.2. The van der Waals surface area contributed by atoms with Crippen molar-refractivity contribution in [2.75, 3.05) is 17.3 Å². The Hall–Kier alpha value is 0.270. The lowest BCUT2D eigenvalue weighted by Crippen LogP contribution is -1.94. The summed E-state index contributed by atoms with van der Waals surface area (Å²) in [4.78, 5) is 4.78. The van der Waals surface area contributed by atoms with Gasteiger partial charge in [-0.2, -0.15) is 0 Å². The minimum Gasteiger partial charge on any atom is -0.125 e. The van der Waals surface area contributed by atoms with E-state index in [1.165, 1.54) is 138 Å². The maximum atomic E-state index is 2.53. The van der Waals surface area contributed by atoms with Gasteiger partial charge >= 0.3 is 0 Å². The van der Waals surface area contributed by atoms with E-state index in [0.29, 0.717) is 0 Å². The molecular weight excluding hydrogens is 481 g/mol. The van der Waals surface area contributed by atoms with Crippen LogP contribution >= 0.6 is 35.3 Å². The normalized spacial score (nSPS) is 11.4. The molecule has 0 heterocycles. The third-order valence-electron chi connectivity index (χ3n) is 6.74. The molecule has 204 valence electrons. The van der Waals surface area contributed by atoms with Crippen molar-refractivity contribution in [3.8, 4) is 0 Å². The molecule has 0 aliphatic heterocycles. The van der Waals surface area contributed by atoms with E-state index in [0.717, 1.165) is 6.42 Å². The van der Waals surface area contributed by atoms with Gasteiger partial charge in [0.05, 0.1) is 0 Å². The molecule has 0 saturated carbocycles. The van der Waals surface area contributed by atoms with Gasteiger partial charge in [0.1, 0.15) is 0 Å². The standard InChI is InChI=1S/C32H58S3/c1-5-9-12-15-18-21-24-33-30-27-29(8-4)28-31(34-25-22-19-16-13-10-6-2)32(30)35-26-23-20-17-14-11-7-3/h27-28H,5-26H2,1-4H3. The van der Waals surface area contributed by atoms with Crippen molar-refractivity contribution in [3.63, 3.8) is 0 Å². The molecule has 0 saturated heterocycles. The summed E-state index contributed by atoms with van der Waals surface area (Å²) in [5.74, 6) is 3.85. The summed E-state index contributed by atoms with van der Waals surface area (Å²) in [6, 6.07) is 5.06. The quantitative estimate of drug-likeness (QED) is 0.0897. The summed E-state index contributed by atoms with van der Waals surface area (Å²) in [6.07, 6.45) is 26.2. The first-order valence-electron chi connectivity index (χ1n) is 15.3. The summed E-state index contributed by atoms with van der Waals surface area (Å²) < 4.78 is 0. The van der Waals surface area contributed by atoms with Crippen LogP contribution in [-0.4, -0.2) is 17.3 Å². The van der Waals surface area contributed by atoms with E-state index >= 15 is 0 Å². The van der Waals surface area contributed by atoms with Gasteiger partial charge in [0.2, 0.25) is 0 Å². The lowest BCUT2D eigenvalue weighted by molar-refractivity contribution is 0.626. The summed E-state index contributed by atoms with van der Waals surface area (Å²) in [5, 5.41) is 0. The van der Waals surface area contributed by atoms with Crippen LogP contribution in [0.15, 0.2) is 26.8 Å². The van der Waals surface area contributed by atoms with Gasteiger partial charge in [-0.05, 0) is 60.6 Å². The maximum absolute atomic E-state index is 2.53. The molecule has 0 bridgehead atoms. The van der Waals surface area contributed by atoms with E-state index in [-0.39, 0.29) is 0 Å². The third kappa shape index (κ3) is 17.4. The smallest absolute Gasteiger partial charge is 0.0344 e. The topological polar surface area (TPSA) is 0 Å². The molecule has 0 aliphatic carbocycles. The van der Waals surface area contributed by atoms with E-state index in [2.05, 4.69) is 75.1 Å². The number of thioether (sulfide) groups is 3. The number of hydrogen-bond donors (Lipinski definition) is 0. The van der Waals surface area contributed by atoms with E-state index in [9.17, 15) is 0 Å². The first kappa shape index (κ1) is 33.3. The summed E-state index contributed by atoms with van der Waals surface area (Å²) in [7, 11) is 0. The monoisotopic (exact) mass is 538 g/mol. The van der Waals surface area contributed by atoms with Gasteiger partial charge in [0, 0.05) is 14.7 Å². The Kier molecular flexibility index (Phi) is 23.4. The van der Waals surface area contributed by atoms with Crippen LogP contribution in [0.2, 0.25) is 0 Å². The second kappa shape index (κ2) is 24.6. The molecule has 1 rings (SSSR count). The zero-order valence-corrected chi connectivity index (χ0v) is 26.4. The first-order valence-corrected chi connectivity index (χ1v) is 18.3. The van der Waals surface area contributed by atoms with Crippen LogP contribution in [0.1, 0.15) is 149 Å². The van der Waals surface area contributed by atoms with Crippen LogP contribution in [0, 0.1) is 0 Å². The lowest BCUT2D eigenvalue weighted by Gasteiger charge is -2.16. The molecule has 0 nitrogen and oxygen atoms in total. The van der Waals surface area contributed by atoms with Gasteiger partial charge in [-0.15, -0.1) is 35.3 Å². The number of rotatable bonds is 25. The molecule has 0 N–H and O–H groups in total. The van der Waals surface area contributed by atoms with E-state index in [1.54, 1.807) is 14.7 Å². The van der Waals surface area contributed by atoms with E-state index < -0.39 is 0 Å². The lowest BCUT2D eigenvalue weighted by atomic mass is 10.1. The fraction of sp³-hybridized carbons (Fsp3) is 0.812. The van der Waals surface area contributed by atoms with Crippen LogP contribution in [0.4, 0.5) is 0 Å². The highest BCUT2D eigenvalue weighted by Crippen LogP contribution is 2.41. The fourth-order valence-corrected chi connectivity index (χ4v) is 8.19. The SMILES string of the molecule is CCCCCCCCSc1cc(CC)cc(SCCCCCCCC)c1SCCCCCCCC. The molecule has 0 amide bonds. The van der Waals surface area contributed by atoms with Crippen LogP contribution in [0.5, 0.6) is 0 Å². The Balaban J connectivity index is 2.69. The number of unbranched alkanes of at least 4 members (excludes halogenated alkanes) is 15. The molecule has 0 radical (unpaired) electrons. The van der Waals surface area contributed by atoms with Gasteiger partial charge in [-0.3, -0.25) is 0 Å². The molecule has 0 aliphatic rings. The van der Waals surface area contributed by atoms with E-state index in [1.807, 2.05) is 0 Å². The number of hydrogen-bond acceptors (Lipinski definition) is 3. The largest absolute Gasteiger partial charge is 0.125 e. The van der Waals surface area contributed by atoms with Crippen molar-refractivity contribution in [2.45, 2.75) is 164 Å². The molecule has 35 heavy (non-hydrogen) atoms. The Morgan fingerprint density at radius 3 is 1.14 bits per heavy atom. The van der Waals surface area contributed by atoms with Crippen molar-refractivity contribution in [1.82, 2.24) is 0 Å². The Labute approximate surface area is 233 Å². The van der Waals surface area contributed by atoms with Gasteiger partial charge < -0.3 is 0 Å². The Morgan fingerprint density at radius 2 is 0.771 bits per heavy atom. The molecule has 0 spiro atoms. The van der Waals surface area contributed by atoms with Crippen LogP contribution < -0.4 is 0 Å². The highest BCUT2D eigenvalue weighted by molar-refractivity contribution is 8.03. The number of benzene rings is 1. The summed E-state index contributed by atoms with van der Waals surface area (Å²) in [5.41, 5.74) is 1.53. The van der Waals surface area contributed by atoms with Crippen molar-refractivity contribution < 1.29 is 0 Å². The number of aryl methyl sites for hydroxylation is 1. The Bertz CT molecular complexity index is 559. The average Bonchev–Trinajstić information content (AvgIpc) is 2.87. The Morgan fingerprint density at radius 1 is 0.429 bits per heavy atom. The molecule has 0 fully saturated rings. The zero-order valence-electron chi connectivity index (χ0n) is 23.9. The maximum Gasteiger partial charge on any atom is 0.0344 e. The molecular formula is C32H58S3. The fourth-order valence-electron chi connectivity index (χ4n) is 4.38. The predicted molar refractivity (Wildman–Crippen MR) is 168 cm³/mol. The molecule has 3 heteroatoms. The van der Waals surface area contributed by atoms with Crippen LogP contribution in [-0.2, 0) is 6.42 Å². The van der Waals surface area contributed by atoms with Gasteiger partial charge in [-0.25, -0.2) is 0 Å². The van der Waals surface area contributed by atoms with Gasteiger partial charge in [-0.1, -0.05) is 124 Å². The van der Waals surface area contributed by atoms with Gasteiger partial charge in [0.15, 0.2) is 0 Å². The zero-order chi connectivity index (χ0) is 25.4. The highest BCUT2D eigenvalue weighted by Gasteiger charge is 2.13. The predicted octanol–water partition coefficient (Wildman–Crippen LogP) is 12.6. The first-order chi connectivity index (χ1) is 17.3. The van der Waals surface area contributed by atoms with Crippen LogP contribution in [0.25, 0.3) is 0 Å². The molecule has 1 aromatic carbocycles. The van der Waals surface area contributed by atoms with Crippen molar-refractivity contribution >= 4 is 35.3 Å². The molecule has 0 unspecified atom stereocenters. The minimum atomic E-state index is 1.15. The average molecular weight is 539 g/mol. The second-order valence-electron chi connectivity index (χ2n) is 10.1. The van der Waals surface area contributed by atoms with Crippen LogP contribution in [0.3, 0.4) is 0 Å². The summed E-state index contributed by atoms with van der Waals surface area (Å²) >= 11 is 6.46. The van der Waals surface area contributed by atoms with E-state index in [4.69, 9.17) is 0 Å². The molecule has 0 atom stereocenters. The van der Waals surface area contributed by atoms with Crippen molar-refractivity contribution in [3.05, 3.63) is 17.7 Å². The molecule has 0 aromatic heterocycles. The van der Waals surface area contributed by atoms with Gasteiger partial charge in [0.25, 0.3) is 0 Å².